The molecule has 0 atom stereocenters. The van der Waals surface area contributed by atoms with Crippen LogP contribution in [0.1, 0.15) is 17.3 Å². The number of piperazine rings is 1. The van der Waals surface area contributed by atoms with Crippen molar-refractivity contribution in [3.63, 3.8) is 0 Å². The Hall–Kier alpha value is -3.25. The summed E-state index contributed by atoms with van der Waals surface area (Å²) in [5, 5.41) is 3.37. The summed E-state index contributed by atoms with van der Waals surface area (Å²) < 4.78 is 0. The first-order valence-electron chi connectivity index (χ1n) is 9.84. The molecule has 0 radical (unpaired) electrons. The fourth-order valence-electron chi connectivity index (χ4n) is 3.34. The van der Waals surface area contributed by atoms with Crippen molar-refractivity contribution in [1.29, 1.82) is 0 Å². The molecule has 6 heteroatoms. The smallest absolute Gasteiger partial charge is 0.227 e. The SMILES string of the molecule is CC(=O)c1ccc(Nc2cc(-c3ccccc3)nc(N3CCN(C)CC3)n2)cc1. The van der Waals surface area contributed by atoms with E-state index >= 15 is 0 Å². The van der Waals surface area contributed by atoms with Gasteiger partial charge < -0.3 is 15.1 Å². The number of aromatic nitrogens is 2. The van der Waals surface area contributed by atoms with E-state index in [0.717, 1.165) is 54.9 Å². The molecule has 0 saturated carbocycles. The molecule has 1 aliphatic rings. The van der Waals surface area contributed by atoms with Crippen molar-refractivity contribution in [2.75, 3.05) is 43.4 Å². The Kier molecular flexibility index (Phi) is 5.53. The van der Waals surface area contributed by atoms with Crippen LogP contribution in [-0.4, -0.2) is 53.9 Å². The largest absolute Gasteiger partial charge is 0.340 e. The monoisotopic (exact) mass is 387 g/mol. The molecule has 1 aromatic heterocycles. The summed E-state index contributed by atoms with van der Waals surface area (Å²) >= 11 is 0. The number of nitrogens with one attached hydrogen (secondary N) is 1. The minimum Gasteiger partial charge on any atom is -0.340 e. The van der Waals surface area contributed by atoms with Crippen LogP contribution in [0.3, 0.4) is 0 Å². The van der Waals surface area contributed by atoms with Crippen LogP contribution in [0.25, 0.3) is 11.3 Å². The van der Waals surface area contributed by atoms with Crippen molar-refractivity contribution in [2.24, 2.45) is 0 Å². The van der Waals surface area contributed by atoms with Gasteiger partial charge in [0.05, 0.1) is 5.69 Å². The number of anilines is 3. The van der Waals surface area contributed by atoms with E-state index in [-0.39, 0.29) is 5.78 Å². The first kappa shape index (κ1) is 19.1. The molecule has 2 aromatic carbocycles. The Morgan fingerprint density at radius 3 is 2.28 bits per heavy atom. The fraction of sp³-hybridized carbons (Fsp3) is 0.261. The van der Waals surface area contributed by atoms with Gasteiger partial charge in [-0.05, 0) is 38.2 Å². The van der Waals surface area contributed by atoms with Crippen LogP contribution in [0.4, 0.5) is 17.5 Å². The van der Waals surface area contributed by atoms with E-state index in [1.54, 1.807) is 6.92 Å². The van der Waals surface area contributed by atoms with Gasteiger partial charge in [0, 0.05) is 49.1 Å². The lowest BCUT2D eigenvalue weighted by molar-refractivity contribution is 0.101. The molecule has 2 heterocycles. The van der Waals surface area contributed by atoms with Gasteiger partial charge in [0.2, 0.25) is 5.95 Å². The molecule has 148 valence electrons. The van der Waals surface area contributed by atoms with E-state index in [2.05, 4.69) is 34.3 Å². The summed E-state index contributed by atoms with van der Waals surface area (Å²) in [4.78, 5) is 25.7. The number of rotatable bonds is 5. The maximum Gasteiger partial charge on any atom is 0.227 e. The molecule has 0 spiro atoms. The van der Waals surface area contributed by atoms with Crippen molar-refractivity contribution in [1.82, 2.24) is 14.9 Å². The Balaban J connectivity index is 1.66. The number of nitrogens with zero attached hydrogens (tertiary/aromatic N) is 4. The van der Waals surface area contributed by atoms with Crippen LogP contribution < -0.4 is 10.2 Å². The minimum atomic E-state index is 0.0577. The quantitative estimate of drug-likeness (QED) is 0.671. The van der Waals surface area contributed by atoms with Crippen molar-refractivity contribution in [3.05, 3.63) is 66.2 Å². The maximum atomic E-state index is 11.5. The third kappa shape index (κ3) is 4.60. The predicted octanol–water partition coefficient (Wildman–Crippen LogP) is 3.84. The van der Waals surface area contributed by atoms with Gasteiger partial charge >= 0.3 is 0 Å². The highest BCUT2D eigenvalue weighted by Gasteiger charge is 2.18. The first-order chi connectivity index (χ1) is 14.1. The zero-order chi connectivity index (χ0) is 20.2. The molecule has 1 N–H and O–H groups in total. The highest BCUT2D eigenvalue weighted by atomic mass is 16.1. The number of likely N-dealkylation sites (N-methyl/N-ethyl adjacent to an activating group) is 1. The van der Waals surface area contributed by atoms with Gasteiger partial charge in [-0.2, -0.15) is 4.98 Å². The second-order valence-electron chi connectivity index (χ2n) is 7.35. The number of hydrogen-bond acceptors (Lipinski definition) is 6. The van der Waals surface area contributed by atoms with Crippen molar-refractivity contribution >= 4 is 23.2 Å². The summed E-state index contributed by atoms with van der Waals surface area (Å²) in [6.45, 7) is 5.37. The summed E-state index contributed by atoms with van der Waals surface area (Å²) in [6, 6.07) is 19.6. The lowest BCUT2D eigenvalue weighted by Gasteiger charge is -2.32. The Morgan fingerprint density at radius 2 is 1.62 bits per heavy atom. The molecule has 0 aliphatic carbocycles. The zero-order valence-corrected chi connectivity index (χ0v) is 16.8. The van der Waals surface area contributed by atoms with Gasteiger partial charge in [-0.1, -0.05) is 30.3 Å². The topological polar surface area (TPSA) is 61.4 Å². The number of ketones is 1. The van der Waals surface area contributed by atoms with Gasteiger partial charge in [-0.15, -0.1) is 0 Å². The van der Waals surface area contributed by atoms with Gasteiger partial charge in [-0.25, -0.2) is 4.98 Å². The van der Waals surface area contributed by atoms with E-state index in [0.29, 0.717) is 5.56 Å². The fourth-order valence-corrected chi connectivity index (χ4v) is 3.34. The van der Waals surface area contributed by atoms with Crippen LogP contribution in [0, 0.1) is 0 Å². The number of carbonyl (C=O) groups is 1. The molecule has 4 rings (SSSR count). The Labute approximate surface area is 171 Å². The summed E-state index contributed by atoms with van der Waals surface area (Å²) in [6.07, 6.45) is 0. The molecule has 6 nitrogen and oxygen atoms in total. The molecule has 0 bridgehead atoms. The third-order valence-electron chi connectivity index (χ3n) is 5.13. The Morgan fingerprint density at radius 1 is 0.931 bits per heavy atom. The van der Waals surface area contributed by atoms with Crippen LogP contribution >= 0.6 is 0 Å². The number of hydrogen-bond donors (Lipinski definition) is 1. The van der Waals surface area contributed by atoms with Crippen LogP contribution in [0.2, 0.25) is 0 Å². The molecule has 1 aliphatic heterocycles. The van der Waals surface area contributed by atoms with Gasteiger partial charge in [-0.3, -0.25) is 4.79 Å². The summed E-state index contributed by atoms with van der Waals surface area (Å²) in [5.41, 5.74) is 3.52. The lowest BCUT2D eigenvalue weighted by Crippen LogP contribution is -2.45. The first-order valence-corrected chi connectivity index (χ1v) is 9.84. The minimum absolute atomic E-state index is 0.0577. The number of carbonyl (C=O) groups excluding carboxylic acids is 1. The molecular formula is C23H25N5O. The van der Waals surface area contributed by atoms with E-state index < -0.39 is 0 Å². The van der Waals surface area contributed by atoms with Crippen LogP contribution in [0.5, 0.6) is 0 Å². The maximum absolute atomic E-state index is 11.5. The van der Waals surface area contributed by atoms with E-state index in [4.69, 9.17) is 9.97 Å². The van der Waals surface area contributed by atoms with Crippen molar-refractivity contribution in [2.45, 2.75) is 6.92 Å². The standard InChI is InChI=1S/C23H25N5O/c1-17(29)18-8-10-20(11-9-18)24-22-16-21(19-6-4-3-5-7-19)25-23(26-22)28-14-12-27(2)13-15-28/h3-11,16H,12-15H2,1-2H3,(H,24,25,26). The number of benzene rings is 2. The van der Waals surface area contributed by atoms with E-state index in [1.165, 1.54) is 0 Å². The summed E-state index contributed by atoms with van der Waals surface area (Å²) in [7, 11) is 2.14. The highest BCUT2D eigenvalue weighted by Crippen LogP contribution is 2.25. The highest BCUT2D eigenvalue weighted by molar-refractivity contribution is 5.94. The molecule has 0 unspecified atom stereocenters. The zero-order valence-electron chi connectivity index (χ0n) is 16.8. The van der Waals surface area contributed by atoms with E-state index in [9.17, 15) is 4.79 Å². The van der Waals surface area contributed by atoms with Crippen molar-refractivity contribution in [3.8, 4) is 11.3 Å². The molecule has 29 heavy (non-hydrogen) atoms. The van der Waals surface area contributed by atoms with Crippen LogP contribution in [0.15, 0.2) is 60.7 Å². The third-order valence-corrected chi connectivity index (χ3v) is 5.13. The Bertz CT molecular complexity index is 980. The van der Waals surface area contributed by atoms with Gasteiger partial charge in [0.1, 0.15) is 5.82 Å². The molecule has 0 amide bonds. The van der Waals surface area contributed by atoms with Gasteiger partial charge in [0.25, 0.3) is 0 Å². The second-order valence-corrected chi connectivity index (χ2v) is 7.35. The molecule has 1 saturated heterocycles. The number of Topliss-reactive ketones (excluding diaryl/α,β-unsaturated/α-hetero) is 1. The lowest BCUT2D eigenvalue weighted by atomic mass is 10.1. The average molecular weight is 387 g/mol. The van der Waals surface area contributed by atoms with Crippen LogP contribution in [-0.2, 0) is 0 Å². The average Bonchev–Trinajstić information content (AvgIpc) is 2.75. The van der Waals surface area contributed by atoms with E-state index in [1.807, 2.05) is 48.5 Å². The van der Waals surface area contributed by atoms with Gasteiger partial charge in [0.15, 0.2) is 5.78 Å². The molecule has 1 fully saturated rings. The normalized spacial score (nSPS) is 14.6. The molecule has 3 aromatic rings. The summed E-state index contributed by atoms with van der Waals surface area (Å²) in [5.74, 6) is 1.54. The molecular weight excluding hydrogens is 362 g/mol. The van der Waals surface area contributed by atoms with Crippen molar-refractivity contribution < 1.29 is 4.79 Å². The second kappa shape index (κ2) is 8.41. The predicted molar refractivity (Wildman–Crippen MR) is 117 cm³/mol.